The number of nitrogens with zero attached hydrogens (tertiary/aromatic N) is 2. The molecule has 1 fully saturated rings. The van der Waals surface area contributed by atoms with Crippen molar-refractivity contribution in [3.05, 3.63) is 29.6 Å². The average molecular weight is 364 g/mol. The second-order valence-electron chi connectivity index (χ2n) is 5.54. The van der Waals surface area contributed by atoms with E-state index in [1.54, 1.807) is 4.90 Å². The molecule has 1 aromatic heterocycles. The molecule has 0 aliphatic carbocycles. The Labute approximate surface area is 147 Å². The largest absolute Gasteiger partial charge is 0.494 e. The monoisotopic (exact) mass is 364 g/mol. The van der Waals surface area contributed by atoms with Gasteiger partial charge in [-0.1, -0.05) is 5.16 Å². The van der Waals surface area contributed by atoms with Gasteiger partial charge in [-0.3, -0.25) is 0 Å². The molecule has 0 saturated carbocycles. The van der Waals surface area contributed by atoms with Crippen LogP contribution in [0.15, 0.2) is 22.7 Å². The maximum absolute atomic E-state index is 13.6. The molecule has 3 rings (SSSR count). The first-order valence-corrected chi connectivity index (χ1v) is 7.84. The summed E-state index contributed by atoms with van der Waals surface area (Å²) in [6.45, 7) is 1.86. The summed E-state index contributed by atoms with van der Waals surface area (Å²) in [6, 6.07) is 3.70. The van der Waals surface area contributed by atoms with Crippen molar-refractivity contribution in [2.45, 2.75) is 0 Å². The molecule has 1 saturated heterocycles. The average Bonchev–Trinajstić information content (AvgIpc) is 3.22. The Bertz CT molecular complexity index is 838. The number of rotatable bonds is 7. The van der Waals surface area contributed by atoms with Crippen LogP contribution in [0.5, 0.6) is 5.75 Å². The number of hydrogen-bond acceptors (Lipinski definition) is 6. The predicted molar refractivity (Wildman–Crippen MR) is 88.9 cm³/mol. The predicted octanol–water partition coefficient (Wildman–Crippen LogP) is 1.62. The van der Waals surface area contributed by atoms with Crippen LogP contribution >= 0.6 is 0 Å². The number of anilines is 1. The summed E-state index contributed by atoms with van der Waals surface area (Å²) in [7, 11) is 1.31. The number of nitrogens with one attached hydrogen (secondary N) is 2. The van der Waals surface area contributed by atoms with Gasteiger partial charge in [-0.2, -0.15) is 0 Å². The van der Waals surface area contributed by atoms with Gasteiger partial charge in [-0.25, -0.2) is 14.0 Å². The van der Waals surface area contributed by atoms with Crippen molar-refractivity contribution in [1.82, 2.24) is 15.4 Å². The van der Waals surface area contributed by atoms with Gasteiger partial charge in [0.25, 0.3) is 0 Å². The number of hydrogen-bond donors (Lipinski definition) is 3. The lowest BCUT2D eigenvalue weighted by Crippen LogP contribution is -2.32. The molecule has 2 heterocycles. The number of aromatic nitrogens is 1. The number of amides is 2. The highest BCUT2D eigenvalue weighted by Gasteiger charge is 2.25. The molecule has 9 nitrogen and oxygen atoms in total. The van der Waals surface area contributed by atoms with Crippen LogP contribution in [0.3, 0.4) is 0 Å². The number of ether oxygens (including phenoxy) is 1. The fraction of sp³-hybridized carbons (Fsp3) is 0.312. The SMILES string of the molecule is COc1cc(-c2onc(NCCN3CCNC3=O)c2C(=O)O)ccc1F. The van der Waals surface area contributed by atoms with Crippen LogP contribution in [0.1, 0.15) is 10.4 Å². The second-order valence-corrected chi connectivity index (χ2v) is 5.54. The Morgan fingerprint density at radius 3 is 3.00 bits per heavy atom. The Morgan fingerprint density at radius 1 is 1.54 bits per heavy atom. The van der Waals surface area contributed by atoms with Crippen molar-refractivity contribution in [1.29, 1.82) is 0 Å². The normalized spacial score (nSPS) is 13.6. The fourth-order valence-electron chi connectivity index (χ4n) is 2.64. The van der Waals surface area contributed by atoms with E-state index in [2.05, 4.69) is 15.8 Å². The lowest BCUT2D eigenvalue weighted by Gasteiger charge is -2.13. The first-order chi connectivity index (χ1) is 12.5. The maximum atomic E-state index is 13.6. The van der Waals surface area contributed by atoms with Gasteiger partial charge in [0, 0.05) is 31.7 Å². The lowest BCUT2D eigenvalue weighted by molar-refractivity contribution is 0.0698. The van der Waals surface area contributed by atoms with Crippen LogP contribution in [-0.2, 0) is 0 Å². The van der Waals surface area contributed by atoms with Crippen molar-refractivity contribution >= 4 is 17.8 Å². The zero-order valence-corrected chi connectivity index (χ0v) is 13.9. The number of carboxylic acids is 1. The minimum absolute atomic E-state index is 0.0165. The van der Waals surface area contributed by atoms with E-state index in [0.29, 0.717) is 31.7 Å². The van der Waals surface area contributed by atoms with E-state index in [-0.39, 0.29) is 28.9 Å². The smallest absolute Gasteiger partial charge is 0.343 e. The first-order valence-electron chi connectivity index (χ1n) is 7.84. The Balaban J connectivity index is 1.80. The van der Waals surface area contributed by atoms with Crippen molar-refractivity contribution in [2.24, 2.45) is 0 Å². The number of carbonyl (C=O) groups is 2. The molecule has 0 atom stereocenters. The number of benzene rings is 1. The summed E-state index contributed by atoms with van der Waals surface area (Å²) in [5, 5.41) is 18.8. The maximum Gasteiger partial charge on any atom is 0.343 e. The van der Waals surface area contributed by atoms with E-state index in [1.165, 1.54) is 19.2 Å². The van der Waals surface area contributed by atoms with E-state index in [4.69, 9.17) is 9.26 Å². The quantitative estimate of drug-likeness (QED) is 0.683. The molecule has 0 spiro atoms. The number of carboxylic acid groups (broad SMARTS) is 1. The van der Waals surface area contributed by atoms with E-state index >= 15 is 0 Å². The molecular weight excluding hydrogens is 347 g/mol. The molecule has 26 heavy (non-hydrogen) atoms. The molecule has 2 amide bonds. The van der Waals surface area contributed by atoms with Crippen LogP contribution in [-0.4, -0.2) is 60.5 Å². The van der Waals surface area contributed by atoms with Gasteiger partial charge < -0.3 is 29.9 Å². The first kappa shape index (κ1) is 17.5. The molecule has 1 aliphatic rings. The molecule has 1 aliphatic heterocycles. The van der Waals surface area contributed by atoms with E-state index < -0.39 is 11.8 Å². The van der Waals surface area contributed by atoms with Crippen LogP contribution in [0.25, 0.3) is 11.3 Å². The van der Waals surface area contributed by atoms with Gasteiger partial charge in [0.1, 0.15) is 0 Å². The molecule has 0 radical (unpaired) electrons. The van der Waals surface area contributed by atoms with Gasteiger partial charge in [0.15, 0.2) is 28.7 Å². The number of carbonyl (C=O) groups excluding carboxylic acids is 1. The van der Waals surface area contributed by atoms with E-state index in [9.17, 15) is 19.1 Å². The highest BCUT2D eigenvalue weighted by molar-refractivity contribution is 5.99. The van der Waals surface area contributed by atoms with Gasteiger partial charge in [-0.05, 0) is 18.2 Å². The summed E-state index contributed by atoms with van der Waals surface area (Å²) in [6.07, 6.45) is 0. The van der Waals surface area contributed by atoms with Crippen LogP contribution in [0, 0.1) is 5.82 Å². The van der Waals surface area contributed by atoms with E-state index in [1.807, 2.05) is 0 Å². The number of halogens is 1. The number of aromatic carboxylic acids is 1. The molecule has 0 bridgehead atoms. The second kappa shape index (κ2) is 7.30. The Kier molecular flexibility index (Phi) is 4.92. The van der Waals surface area contributed by atoms with Crippen LogP contribution in [0.4, 0.5) is 15.0 Å². The van der Waals surface area contributed by atoms with Crippen LogP contribution in [0.2, 0.25) is 0 Å². The third kappa shape index (κ3) is 3.39. The summed E-state index contributed by atoms with van der Waals surface area (Å²) < 4.78 is 23.6. The van der Waals surface area contributed by atoms with Crippen molar-refractivity contribution < 1.29 is 28.3 Å². The zero-order valence-electron chi connectivity index (χ0n) is 13.9. The van der Waals surface area contributed by atoms with Crippen molar-refractivity contribution in [2.75, 3.05) is 38.6 Å². The number of urea groups is 1. The highest BCUT2D eigenvalue weighted by atomic mass is 19.1. The standard InChI is InChI=1S/C16H17FN4O5/c1-25-11-8-9(2-3-10(11)17)13-12(15(22)23)14(20-26-13)18-4-6-21-7-5-19-16(21)24/h2-3,8H,4-7H2,1H3,(H,18,20)(H,19,24)(H,22,23). The molecule has 138 valence electrons. The molecule has 2 aromatic rings. The Morgan fingerprint density at radius 2 is 2.35 bits per heavy atom. The minimum Gasteiger partial charge on any atom is -0.494 e. The highest BCUT2D eigenvalue weighted by Crippen LogP contribution is 2.32. The lowest BCUT2D eigenvalue weighted by atomic mass is 10.1. The topological polar surface area (TPSA) is 117 Å². The molecular formula is C16H17FN4O5. The summed E-state index contributed by atoms with van der Waals surface area (Å²) in [5.41, 5.74) is 0.143. The van der Waals surface area contributed by atoms with E-state index in [0.717, 1.165) is 6.07 Å². The third-order valence-corrected chi connectivity index (χ3v) is 3.94. The van der Waals surface area contributed by atoms with Gasteiger partial charge in [0.05, 0.1) is 7.11 Å². The number of methoxy groups -OCH3 is 1. The van der Waals surface area contributed by atoms with Crippen LogP contribution < -0.4 is 15.4 Å². The summed E-state index contributed by atoms with van der Waals surface area (Å²) in [5.74, 6) is -1.83. The van der Waals surface area contributed by atoms with Gasteiger partial charge >= 0.3 is 12.0 Å². The van der Waals surface area contributed by atoms with Gasteiger partial charge in [0.2, 0.25) is 0 Å². The molecule has 3 N–H and O–H groups in total. The molecule has 1 aromatic carbocycles. The molecule has 0 unspecified atom stereocenters. The van der Waals surface area contributed by atoms with Crippen molar-refractivity contribution in [3.63, 3.8) is 0 Å². The summed E-state index contributed by atoms with van der Waals surface area (Å²) >= 11 is 0. The molecule has 10 heteroatoms. The zero-order chi connectivity index (χ0) is 18.7. The summed E-state index contributed by atoms with van der Waals surface area (Å²) in [4.78, 5) is 24.7. The fourth-order valence-corrected chi connectivity index (χ4v) is 2.64. The van der Waals surface area contributed by atoms with Crippen molar-refractivity contribution in [3.8, 4) is 17.1 Å². The van der Waals surface area contributed by atoms with Gasteiger partial charge in [-0.15, -0.1) is 0 Å². The third-order valence-electron chi connectivity index (χ3n) is 3.94. The Hall–Kier alpha value is -3.30. The minimum atomic E-state index is -1.24.